The van der Waals surface area contributed by atoms with Gasteiger partial charge in [-0.15, -0.1) is 0 Å². The molecule has 1 aliphatic heterocycles. The molecule has 3 aromatic carbocycles. The van der Waals surface area contributed by atoms with Crippen molar-refractivity contribution in [3.05, 3.63) is 72.8 Å². The molecule has 0 aliphatic carbocycles. The zero-order valence-corrected chi connectivity index (χ0v) is 18.0. The number of rotatable bonds is 4. The van der Waals surface area contributed by atoms with E-state index >= 15 is 0 Å². The van der Waals surface area contributed by atoms with E-state index < -0.39 is 6.10 Å². The largest absolute Gasteiger partial charge is 0.476 e. The summed E-state index contributed by atoms with van der Waals surface area (Å²) in [5, 5.41) is 3.28. The zero-order chi connectivity index (χ0) is 22.1. The van der Waals surface area contributed by atoms with Crippen molar-refractivity contribution in [3.63, 3.8) is 0 Å². The predicted octanol–water partition coefficient (Wildman–Crippen LogP) is 4.84. The second-order valence-electron chi connectivity index (χ2n) is 7.26. The van der Waals surface area contributed by atoms with Crippen LogP contribution in [0.5, 0.6) is 17.2 Å². The number of thiazole rings is 1. The molecule has 0 saturated carbocycles. The summed E-state index contributed by atoms with van der Waals surface area (Å²) in [4.78, 5) is 31.0. The lowest BCUT2D eigenvalue weighted by atomic mass is 10.2. The molecular formula is C24H19N3O4S. The van der Waals surface area contributed by atoms with E-state index in [0.717, 1.165) is 16.0 Å². The second-order valence-corrected chi connectivity index (χ2v) is 8.29. The number of aromatic nitrogens is 1. The Hall–Kier alpha value is -3.91. The van der Waals surface area contributed by atoms with E-state index in [9.17, 15) is 9.59 Å². The van der Waals surface area contributed by atoms with Crippen LogP contribution in [0.1, 0.15) is 6.92 Å². The standard InChI is InChI=1S/C24H19N3O4S/c1-15(28)27-14-21(31-20-10-6-5-9-19(20)27)23(29)26-24-25-18-12-11-17(13-22(18)32-24)30-16-7-3-2-4-8-16/h2-13,21H,14H2,1H3,(H,25,26,29). The molecule has 8 heteroatoms. The van der Waals surface area contributed by atoms with Crippen LogP contribution in [0.4, 0.5) is 10.8 Å². The minimum absolute atomic E-state index is 0.137. The number of nitrogens with one attached hydrogen (secondary N) is 1. The van der Waals surface area contributed by atoms with E-state index in [-0.39, 0.29) is 18.4 Å². The number of benzene rings is 3. The third-order valence-electron chi connectivity index (χ3n) is 5.02. The Morgan fingerprint density at radius 2 is 1.84 bits per heavy atom. The van der Waals surface area contributed by atoms with Gasteiger partial charge in [0.2, 0.25) is 5.91 Å². The molecular weight excluding hydrogens is 426 g/mol. The number of carbonyl (C=O) groups excluding carboxylic acids is 2. The monoisotopic (exact) mass is 445 g/mol. The number of fused-ring (bicyclic) bond motifs is 2. The normalized spacial score (nSPS) is 15.0. The van der Waals surface area contributed by atoms with Gasteiger partial charge in [-0.25, -0.2) is 4.98 Å². The molecule has 160 valence electrons. The van der Waals surface area contributed by atoms with E-state index in [1.807, 2.05) is 54.6 Å². The lowest BCUT2D eigenvalue weighted by Crippen LogP contribution is -2.48. The van der Waals surface area contributed by atoms with E-state index in [4.69, 9.17) is 9.47 Å². The highest BCUT2D eigenvalue weighted by Gasteiger charge is 2.32. The summed E-state index contributed by atoms with van der Waals surface area (Å²) in [6.45, 7) is 1.61. The van der Waals surface area contributed by atoms with Crippen molar-refractivity contribution in [2.24, 2.45) is 0 Å². The number of ether oxygens (including phenoxy) is 2. The number of hydrogen-bond acceptors (Lipinski definition) is 6. The summed E-state index contributed by atoms with van der Waals surface area (Å²) in [6.07, 6.45) is -0.835. The van der Waals surface area contributed by atoms with Crippen molar-refractivity contribution in [1.29, 1.82) is 0 Å². The minimum atomic E-state index is -0.835. The van der Waals surface area contributed by atoms with Gasteiger partial charge in [0.1, 0.15) is 17.2 Å². The first-order valence-electron chi connectivity index (χ1n) is 10.0. The maximum atomic E-state index is 12.9. The predicted molar refractivity (Wildman–Crippen MR) is 124 cm³/mol. The number of carbonyl (C=O) groups is 2. The van der Waals surface area contributed by atoms with Crippen molar-refractivity contribution in [3.8, 4) is 17.2 Å². The summed E-state index contributed by atoms with van der Waals surface area (Å²) in [5.41, 5.74) is 1.42. The molecule has 0 radical (unpaired) electrons. The van der Waals surface area contributed by atoms with Gasteiger partial charge in [0.15, 0.2) is 11.2 Å². The summed E-state index contributed by atoms with van der Waals surface area (Å²) < 4.78 is 12.6. The van der Waals surface area contributed by atoms with Gasteiger partial charge in [-0.05, 0) is 36.4 Å². The Balaban J connectivity index is 1.33. The Morgan fingerprint density at radius 3 is 2.66 bits per heavy atom. The number of anilines is 2. The Kier molecular flexibility index (Phi) is 5.20. The first-order chi connectivity index (χ1) is 15.6. The van der Waals surface area contributed by atoms with E-state index in [0.29, 0.717) is 22.3 Å². The molecule has 0 bridgehead atoms. The highest BCUT2D eigenvalue weighted by Crippen LogP contribution is 2.34. The summed E-state index contributed by atoms with van der Waals surface area (Å²) >= 11 is 1.35. The van der Waals surface area contributed by atoms with Gasteiger partial charge in [0.05, 0.1) is 22.4 Å². The van der Waals surface area contributed by atoms with Gasteiger partial charge in [-0.1, -0.05) is 41.7 Å². The summed E-state index contributed by atoms with van der Waals surface area (Å²) in [5.74, 6) is 1.43. The minimum Gasteiger partial charge on any atom is -0.476 e. The molecule has 1 aliphatic rings. The van der Waals surface area contributed by atoms with Gasteiger partial charge in [-0.2, -0.15) is 0 Å². The zero-order valence-electron chi connectivity index (χ0n) is 17.1. The van der Waals surface area contributed by atoms with Gasteiger partial charge in [0.25, 0.3) is 5.91 Å². The number of hydrogen-bond donors (Lipinski definition) is 1. The molecule has 1 aromatic heterocycles. The topological polar surface area (TPSA) is 80.8 Å². The molecule has 0 fully saturated rings. The molecule has 2 heterocycles. The van der Waals surface area contributed by atoms with Crippen LogP contribution in [0.25, 0.3) is 10.2 Å². The van der Waals surface area contributed by atoms with Crippen molar-refractivity contribution < 1.29 is 19.1 Å². The Bertz CT molecular complexity index is 1310. The lowest BCUT2D eigenvalue weighted by Gasteiger charge is -2.33. The summed E-state index contributed by atoms with van der Waals surface area (Å²) in [6, 6.07) is 22.3. The first-order valence-corrected chi connectivity index (χ1v) is 10.9. The Labute approximate surface area is 188 Å². The molecule has 4 aromatic rings. The Morgan fingerprint density at radius 1 is 1.06 bits per heavy atom. The average Bonchev–Trinajstić information content (AvgIpc) is 3.20. The van der Waals surface area contributed by atoms with Crippen LogP contribution < -0.4 is 19.7 Å². The molecule has 0 spiro atoms. The quantitative estimate of drug-likeness (QED) is 0.486. The van der Waals surface area contributed by atoms with Crippen LogP contribution in [0.2, 0.25) is 0 Å². The third kappa shape index (κ3) is 4.00. The molecule has 32 heavy (non-hydrogen) atoms. The van der Waals surface area contributed by atoms with Gasteiger partial charge in [-0.3, -0.25) is 14.9 Å². The van der Waals surface area contributed by atoms with Crippen LogP contribution in [0.3, 0.4) is 0 Å². The van der Waals surface area contributed by atoms with Crippen molar-refractivity contribution in [2.75, 3.05) is 16.8 Å². The fraction of sp³-hybridized carbons (Fsp3) is 0.125. The number of para-hydroxylation sites is 3. The van der Waals surface area contributed by atoms with E-state index in [2.05, 4.69) is 10.3 Å². The fourth-order valence-corrected chi connectivity index (χ4v) is 4.40. The van der Waals surface area contributed by atoms with E-state index in [1.54, 1.807) is 23.1 Å². The van der Waals surface area contributed by atoms with Crippen molar-refractivity contribution in [1.82, 2.24) is 4.98 Å². The second kappa shape index (κ2) is 8.32. The molecule has 1 unspecified atom stereocenters. The van der Waals surface area contributed by atoms with Gasteiger partial charge in [0, 0.05) is 13.0 Å². The number of nitrogens with zero attached hydrogens (tertiary/aromatic N) is 2. The van der Waals surface area contributed by atoms with Crippen LogP contribution in [0.15, 0.2) is 72.8 Å². The smallest absolute Gasteiger partial charge is 0.269 e. The fourth-order valence-electron chi connectivity index (χ4n) is 3.50. The maximum Gasteiger partial charge on any atom is 0.269 e. The molecule has 7 nitrogen and oxygen atoms in total. The lowest BCUT2D eigenvalue weighted by molar-refractivity contribution is -0.123. The third-order valence-corrected chi connectivity index (χ3v) is 5.95. The highest BCUT2D eigenvalue weighted by molar-refractivity contribution is 7.22. The SMILES string of the molecule is CC(=O)N1CC(C(=O)Nc2nc3ccc(Oc4ccccc4)cc3s2)Oc2ccccc21. The van der Waals surface area contributed by atoms with Gasteiger partial charge < -0.3 is 14.4 Å². The van der Waals surface area contributed by atoms with Crippen LogP contribution in [-0.4, -0.2) is 29.4 Å². The molecule has 0 saturated heterocycles. The highest BCUT2D eigenvalue weighted by atomic mass is 32.1. The maximum absolute atomic E-state index is 12.9. The van der Waals surface area contributed by atoms with E-state index in [1.165, 1.54) is 18.3 Å². The van der Waals surface area contributed by atoms with Crippen LogP contribution in [-0.2, 0) is 9.59 Å². The molecule has 2 amide bonds. The van der Waals surface area contributed by atoms with Crippen molar-refractivity contribution >= 4 is 44.2 Å². The van der Waals surface area contributed by atoms with Crippen LogP contribution in [0, 0.1) is 0 Å². The average molecular weight is 446 g/mol. The van der Waals surface area contributed by atoms with Gasteiger partial charge >= 0.3 is 0 Å². The summed E-state index contributed by atoms with van der Waals surface area (Å²) in [7, 11) is 0. The number of amides is 2. The molecule has 1 N–H and O–H groups in total. The molecule has 5 rings (SSSR count). The first kappa shape index (κ1) is 20.0. The molecule has 1 atom stereocenters. The van der Waals surface area contributed by atoms with Crippen LogP contribution >= 0.6 is 11.3 Å². The van der Waals surface area contributed by atoms with Crippen molar-refractivity contribution in [2.45, 2.75) is 13.0 Å².